The molecule has 6 heteroatoms. The molecular formula is C14H21N5O. The van der Waals surface area contributed by atoms with E-state index in [0.717, 1.165) is 23.8 Å². The van der Waals surface area contributed by atoms with Crippen molar-refractivity contribution in [3.8, 4) is 5.82 Å². The van der Waals surface area contributed by atoms with Crippen molar-refractivity contribution in [1.82, 2.24) is 20.0 Å². The van der Waals surface area contributed by atoms with E-state index in [4.69, 9.17) is 0 Å². The Bertz CT molecular complexity index is 561. The summed E-state index contributed by atoms with van der Waals surface area (Å²) < 4.78 is 1.78. The molecule has 0 aliphatic carbocycles. The molecule has 0 aliphatic heterocycles. The van der Waals surface area contributed by atoms with Crippen LogP contribution in [0, 0.1) is 13.8 Å². The third-order valence-electron chi connectivity index (χ3n) is 3.14. The second kappa shape index (κ2) is 6.00. The van der Waals surface area contributed by atoms with Crippen molar-refractivity contribution in [1.29, 1.82) is 0 Å². The molecule has 2 heterocycles. The molecule has 0 radical (unpaired) electrons. The Labute approximate surface area is 119 Å². The lowest BCUT2D eigenvalue weighted by molar-refractivity contribution is 0.187. The first-order valence-electron chi connectivity index (χ1n) is 6.74. The van der Waals surface area contributed by atoms with E-state index in [-0.39, 0.29) is 6.10 Å². The molecule has 20 heavy (non-hydrogen) atoms. The van der Waals surface area contributed by atoms with Crippen LogP contribution in [0.15, 0.2) is 18.2 Å². The van der Waals surface area contributed by atoms with Crippen molar-refractivity contribution >= 4 is 5.82 Å². The minimum Gasteiger partial charge on any atom is -0.393 e. The first kappa shape index (κ1) is 14.5. The topological polar surface area (TPSA) is 67.1 Å². The quantitative estimate of drug-likeness (QED) is 0.895. The van der Waals surface area contributed by atoms with Gasteiger partial charge in [-0.2, -0.15) is 5.10 Å². The summed E-state index contributed by atoms with van der Waals surface area (Å²) in [6.07, 6.45) is 0.400. The van der Waals surface area contributed by atoms with Crippen LogP contribution >= 0.6 is 0 Å². The summed E-state index contributed by atoms with van der Waals surface area (Å²) in [7, 11) is 1.94. The van der Waals surface area contributed by atoms with E-state index in [9.17, 15) is 5.11 Å². The van der Waals surface area contributed by atoms with E-state index < -0.39 is 0 Å². The molecular weight excluding hydrogens is 254 g/mol. The lowest BCUT2D eigenvalue weighted by Crippen LogP contribution is -2.23. The Balaban J connectivity index is 2.12. The van der Waals surface area contributed by atoms with Crippen molar-refractivity contribution in [3.05, 3.63) is 29.6 Å². The molecule has 2 aromatic heterocycles. The number of hydrogen-bond donors (Lipinski definition) is 1. The minimum atomic E-state index is -0.306. The first-order valence-corrected chi connectivity index (χ1v) is 6.74. The van der Waals surface area contributed by atoms with Gasteiger partial charge in [0.15, 0.2) is 11.6 Å². The fourth-order valence-electron chi connectivity index (χ4n) is 1.99. The smallest absolute Gasteiger partial charge is 0.176 e. The molecule has 0 fully saturated rings. The Morgan fingerprint density at radius 1 is 1.30 bits per heavy atom. The molecule has 2 aromatic rings. The average Bonchev–Trinajstić information content (AvgIpc) is 2.75. The van der Waals surface area contributed by atoms with Crippen molar-refractivity contribution < 1.29 is 5.11 Å². The zero-order valence-electron chi connectivity index (χ0n) is 12.4. The van der Waals surface area contributed by atoms with Gasteiger partial charge in [0.05, 0.1) is 11.8 Å². The summed E-state index contributed by atoms with van der Waals surface area (Å²) >= 11 is 0. The number of aliphatic hydroxyl groups excluding tert-OH is 1. The fraction of sp³-hybridized carbons (Fsp3) is 0.500. The molecule has 0 aliphatic rings. The molecule has 0 bridgehead atoms. The number of rotatable bonds is 5. The van der Waals surface area contributed by atoms with Gasteiger partial charge < -0.3 is 10.0 Å². The molecule has 0 unspecified atom stereocenters. The molecule has 0 saturated carbocycles. The van der Waals surface area contributed by atoms with Gasteiger partial charge in [0.2, 0.25) is 0 Å². The number of anilines is 1. The summed E-state index contributed by atoms with van der Waals surface area (Å²) in [5.74, 6) is 1.50. The van der Waals surface area contributed by atoms with Crippen LogP contribution in [0.25, 0.3) is 5.82 Å². The van der Waals surface area contributed by atoms with Gasteiger partial charge >= 0.3 is 0 Å². The maximum atomic E-state index is 9.30. The molecule has 2 rings (SSSR count). The monoisotopic (exact) mass is 275 g/mol. The molecule has 6 nitrogen and oxygen atoms in total. The van der Waals surface area contributed by atoms with E-state index in [2.05, 4.69) is 15.3 Å². The van der Waals surface area contributed by atoms with Crippen molar-refractivity contribution in [2.24, 2.45) is 0 Å². The highest BCUT2D eigenvalue weighted by Crippen LogP contribution is 2.13. The first-order chi connectivity index (χ1) is 9.47. The molecule has 0 aromatic carbocycles. The SMILES string of the molecule is Cc1cc(C)n(-c2ccc(N(C)CC[C@H](C)O)nn2)n1. The Hall–Kier alpha value is -1.95. The highest BCUT2D eigenvalue weighted by molar-refractivity contribution is 5.39. The van der Waals surface area contributed by atoms with Crippen LogP contribution in [0.5, 0.6) is 0 Å². The number of aromatic nitrogens is 4. The van der Waals surface area contributed by atoms with Gasteiger partial charge in [0.25, 0.3) is 0 Å². The predicted octanol–water partition coefficient (Wildman–Crippen LogP) is 1.49. The van der Waals surface area contributed by atoms with Crippen molar-refractivity contribution in [3.63, 3.8) is 0 Å². The van der Waals surface area contributed by atoms with E-state index in [1.54, 1.807) is 11.6 Å². The Morgan fingerprint density at radius 3 is 2.55 bits per heavy atom. The van der Waals surface area contributed by atoms with Crippen molar-refractivity contribution in [2.75, 3.05) is 18.5 Å². The van der Waals surface area contributed by atoms with Gasteiger partial charge in [-0.05, 0) is 45.4 Å². The van der Waals surface area contributed by atoms with Gasteiger partial charge in [-0.25, -0.2) is 4.68 Å². The highest BCUT2D eigenvalue weighted by Gasteiger charge is 2.08. The molecule has 0 amide bonds. The number of aliphatic hydroxyl groups is 1. The van der Waals surface area contributed by atoms with Crippen LogP contribution in [0.1, 0.15) is 24.7 Å². The lowest BCUT2D eigenvalue weighted by atomic mass is 10.3. The third kappa shape index (κ3) is 3.33. The van der Waals surface area contributed by atoms with E-state index >= 15 is 0 Å². The van der Waals surface area contributed by atoms with Gasteiger partial charge in [-0.1, -0.05) is 0 Å². The second-order valence-electron chi connectivity index (χ2n) is 5.15. The third-order valence-corrected chi connectivity index (χ3v) is 3.14. The average molecular weight is 275 g/mol. The second-order valence-corrected chi connectivity index (χ2v) is 5.15. The summed E-state index contributed by atoms with van der Waals surface area (Å²) in [4.78, 5) is 1.98. The standard InChI is InChI=1S/C14H21N5O/c1-10-9-11(2)19(17-10)14-6-5-13(15-16-14)18(4)8-7-12(3)20/h5-6,9,12,20H,7-8H2,1-4H3/t12-/m0/s1. The fourth-order valence-corrected chi connectivity index (χ4v) is 1.99. The summed E-state index contributed by atoms with van der Waals surface area (Å²) in [6.45, 7) is 6.47. The molecule has 1 atom stereocenters. The maximum absolute atomic E-state index is 9.30. The lowest BCUT2D eigenvalue weighted by Gasteiger charge is -2.18. The molecule has 1 N–H and O–H groups in total. The summed E-state index contributed by atoms with van der Waals surface area (Å²) in [5.41, 5.74) is 1.99. The van der Waals surface area contributed by atoms with Gasteiger partial charge in [0.1, 0.15) is 0 Å². The Morgan fingerprint density at radius 2 is 2.05 bits per heavy atom. The van der Waals surface area contributed by atoms with Crippen LogP contribution in [0.3, 0.4) is 0 Å². The predicted molar refractivity (Wildman–Crippen MR) is 78.2 cm³/mol. The van der Waals surface area contributed by atoms with E-state index in [1.165, 1.54) is 0 Å². The highest BCUT2D eigenvalue weighted by atomic mass is 16.3. The van der Waals surface area contributed by atoms with Crippen LogP contribution in [-0.2, 0) is 0 Å². The van der Waals surface area contributed by atoms with Crippen LogP contribution in [0.2, 0.25) is 0 Å². The maximum Gasteiger partial charge on any atom is 0.176 e. The largest absolute Gasteiger partial charge is 0.393 e. The van der Waals surface area contributed by atoms with E-state index in [0.29, 0.717) is 12.2 Å². The molecule has 108 valence electrons. The zero-order valence-corrected chi connectivity index (χ0v) is 12.4. The summed E-state index contributed by atoms with van der Waals surface area (Å²) in [6, 6.07) is 5.83. The van der Waals surface area contributed by atoms with Gasteiger partial charge in [0, 0.05) is 19.3 Å². The Kier molecular flexibility index (Phi) is 4.34. The number of hydrogen-bond acceptors (Lipinski definition) is 5. The van der Waals surface area contributed by atoms with Crippen molar-refractivity contribution in [2.45, 2.75) is 33.3 Å². The van der Waals surface area contributed by atoms with Gasteiger partial charge in [-0.15, -0.1) is 10.2 Å². The zero-order chi connectivity index (χ0) is 14.7. The molecule has 0 saturated heterocycles. The van der Waals surface area contributed by atoms with Crippen LogP contribution < -0.4 is 4.90 Å². The number of aryl methyl sites for hydroxylation is 2. The summed E-state index contributed by atoms with van der Waals surface area (Å²) in [5, 5.41) is 22.1. The normalized spacial score (nSPS) is 12.4. The minimum absolute atomic E-state index is 0.306. The van der Waals surface area contributed by atoms with E-state index in [1.807, 2.05) is 44.0 Å². The van der Waals surface area contributed by atoms with Crippen LogP contribution in [0.4, 0.5) is 5.82 Å². The number of nitrogens with zero attached hydrogens (tertiary/aromatic N) is 5. The molecule has 0 spiro atoms. The van der Waals surface area contributed by atoms with Crippen LogP contribution in [-0.4, -0.2) is 44.8 Å². The van der Waals surface area contributed by atoms with Gasteiger partial charge in [-0.3, -0.25) is 0 Å².